The second-order valence-electron chi connectivity index (χ2n) is 8.63. The Bertz CT molecular complexity index is 1140. The second-order valence-corrected chi connectivity index (χ2v) is 9.42. The third kappa shape index (κ3) is 5.86. The van der Waals surface area contributed by atoms with Crippen LogP contribution in [0.2, 0.25) is 0 Å². The maximum atomic E-state index is 11.8. The molecule has 0 bridgehead atoms. The van der Waals surface area contributed by atoms with Crippen LogP contribution in [0, 0.1) is 0 Å². The van der Waals surface area contributed by atoms with E-state index in [9.17, 15) is 19.2 Å². The zero-order valence-corrected chi connectivity index (χ0v) is 20.9. The van der Waals surface area contributed by atoms with Gasteiger partial charge in [-0.05, 0) is 55.4 Å². The van der Waals surface area contributed by atoms with Crippen LogP contribution in [0.15, 0.2) is 36.4 Å². The maximum Gasteiger partial charge on any atom is 0.259 e. The minimum absolute atomic E-state index is 0.260. The summed E-state index contributed by atoms with van der Waals surface area (Å²) >= 11 is 3.35. The summed E-state index contributed by atoms with van der Waals surface area (Å²) in [6.45, 7) is 2.58. The highest BCUT2D eigenvalue weighted by Gasteiger charge is 2.29. The molecule has 2 aromatic carbocycles. The predicted octanol–water partition coefficient (Wildman–Crippen LogP) is 2.78. The summed E-state index contributed by atoms with van der Waals surface area (Å²) in [7, 11) is 0. The molecule has 0 aromatic heterocycles. The van der Waals surface area contributed by atoms with Crippen molar-refractivity contribution in [1.82, 2.24) is 16.0 Å². The number of carbonyl (C=O) groups excluding carboxylic acids is 4. The Morgan fingerprint density at radius 2 is 1.37 bits per heavy atom. The van der Waals surface area contributed by atoms with Crippen LogP contribution in [0.5, 0.6) is 0 Å². The Labute approximate surface area is 212 Å². The number of amides is 4. The standard InChI is InChI=1S/C15H18N2O3.C11H10BrNO2/c18-14-12-6-2-4-10(13(12)15(19)17-14)3-1-5-11-9-16-7-8-20-11;12-6-2-4-7-3-1-5-8-9(7)11(15)13-10(8)14/h2,4,6,11,16H,1,3,5,7-9H2,(H,17,18,19);1,3,5H,2,4,6H2,(H,13,14,15). The van der Waals surface area contributed by atoms with E-state index >= 15 is 0 Å². The quantitative estimate of drug-likeness (QED) is 0.367. The molecule has 2 aromatic rings. The van der Waals surface area contributed by atoms with Crippen LogP contribution in [0.25, 0.3) is 0 Å². The van der Waals surface area contributed by atoms with Gasteiger partial charge in [0.05, 0.1) is 35.0 Å². The Balaban J connectivity index is 0.000000172. The molecule has 0 aliphatic carbocycles. The number of fused-ring (bicyclic) bond motifs is 2. The zero-order chi connectivity index (χ0) is 24.8. The Morgan fingerprint density at radius 3 is 1.89 bits per heavy atom. The zero-order valence-electron chi connectivity index (χ0n) is 19.3. The number of alkyl halides is 1. The molecule has 3 heterocycles. The van der Waals surface area contributed by atoms with Gasteiger partial charge in [0.15, 0.2) is 0 Å². The molecule has 3 aliphatic heterocycles. The van der Waals surface area contributed by atoms with Crippen molar-refractivity contribution in [2.45, 2.75) is 38.2 Å². The van der Waals surface area contributed by atoms with Gasteiger partial charge in [0.25, 0.3) is 23.6 Å². The van der Waals surface area contributed by atoms with Crippen molar-refractivity contribution in [3.8, 4) is 0 Å². The molecule has 184 valence electrons. The van der Waals surface area contributed by atoms with Crippen molar-refractivity contribution < 1.29 is 23.9 Å². The lowest BCUT2D eigenvalue weighted by atomic mass is 9.97. The second kappa shape index (κ2) is 11.7. The number of halogens is 1. The number of benzene rings is 2. The van der Waals surface area contributed by atoms with Crippen molar-refractivity contribution in [2.24, 2.45) is 0 Å². The van der Waals surface area contributed by atoms with Gasteiger partial charge in [-0.1, -0.05) is 40.2 Å². The molecule has 1 fully saturated rings. The smallest absolute Gasteiger partial charge is 0.259 e. The van der Waals surface area contributed by atoms with Crippen molar-refractivity contribution in [2.75, 3.05) is 25.0 Å². The summed E-state index contributed by atoms with van der Waals surface area (Å²) in [5.74, 6) is -1.10. The van der Waals surface area contributed by atoms with E-state index in [4.69, 9.17) is 4.74 Å². The van der Waals surface area contributed by atoms with Crippen LogP contribution >= 0.6 is 15.9 Å². The first-order chi connectivity index (χ1) is 17.0. The lowest BCUT2D eigenvalue weighted by molar-refractivity contribution is 0.0225. The number of carbonyl (C=O) groups is 4. The van der Waals surface area contributed by atoms with Gasteiger partial charge >= 0.3 is 0 Å². The summed E-state index contributed by atoms with van der Waals surface area (Å²) in [5, 5.41) is 8.86. The third-order valence-electron chi connectivity index (χ3n) is 6.26. The molecule has 0 saturated carbocycles. The first-order valence-corrected chi connectivity index (χ1v) is 12.9. The number of rotatable bonds is 7. The number of hydrogen-bond donors (Lipinski definition) is 3. The lowest BCUT2D eigenvalue weighted by Gasteiger charge is -2.23. The topological polar surface area (TPSA) is 114 Å². The van der Waals surface area contributed by atoms with Crippen molar-refractivity contribution >= 4 is 39.6 Å². The molecule has 4 amide bonds. The highest BCUT2D eigenvalue weighted by molar-refractivity contribution is 9.09. The SMILES string of the molecule is O=C1NC(=O)c2c(CCCBr)cccc21.O=C1NC(=O)c2c(CCCC3CNCCO3)cccc21. The highest BCUT2D eigenvalue weighted by atomic mass is 79.9. The molecule has 3 N–H and O–H groups in total. The molecule has 1 atom stereocenters. The Hall–Kier alpha value is -2.88. The number of morpholine rings is 1. The first-order valence-electron chi connectivity index (χ1n) is 11.8. The van der Waals surface area contributed by atoms with Gasteiger partial charge in [-0.2, -0.15) is 0 Å². The monoisotopic (exact) mass is 541 g/mol. The molecular formula is C26H28BrN3O5. The van der Waals surface area contributed by atoms with Crippen molar-refractivity contribution in [1.29, 1.82) is 0 Å². The van der Waals surface area contributed by atoms with Gasteiger partial charge in [0.1, 0.15) is 0 Å². The number of aryl methyl sites for hydroxylation is 2. The summed E-state index contributed by atoms with van der Waals surface area (Å²) in [4.78, 5) is 46.3. The summed E-state index contributed by atoms with van der Waals surface area (Å²) in [6.07, 6.45) is 4.74. The highest BCUT2D eigenvalue weighted by Crippen LogP contribution is 2.23. The van der Waals surface area contributed by atoms with Gasteiger partial charge in [-0.25, -0.2) is 0 Å². The maximum absolute atomic E-state index is 11.8. The predicted molar refractivity (Wildman–Crippen MR) is 134 cm³/mol. The van der Waals surface area contributed by atoms with Crippen LogP contribution in [0.1, 0.15) is 71.8 Å². The number of imide groups is 2. The Morgan fingerprint density at radius 1 is 0.800 bits per heavy atom. The van der Waals surface area contributed by atoms with E-state index in [2.05, 4.69) is 31.9 Å². The number of nitrogens with one attached hydrogen (secondary N) is 3. The molecule has 35 heavy (non-hydrogen) atoms. The van der Waals surface area contributed by atoms with E-state index in [1.807, 2.05) is 24.3 Å². The van der Waals surface area contributed by atoms with Crippen LogP contribution in [0.4, 0.5) is 0 Å². The molecule has 0 radical (unpaired) electrons. The Kier molecular flexibility index (Phi) is 8.43. The van der Waals surface area contributed by atoms with Gasteiger partial charge in [0.2, 0.25) is 0 Å². The molecule has 3 aliphatic rings. The molecule has 0 spiro atoms. The summed E-state index contributed by atoms with van der Waals surface area (Å²) in [5.41, 5.74) is 4.03. The van der Waals surface area contributed by atoms with Crippen LogP contribution < -0.4 is 16.0 Å². The minimum Gasteiger partial charge on any atom is -0.376 e. The van der Waals surface area contributed by atoms with E-state index in [-0.39, 0.29) is 29.7 Å². The molecule has 9 heteroatoms. The van der Waals surface area contributed by atoms with Crippen LogP contribution in [-0.2, 0) is 17.6 Å². The van der Waals surface area contributed by atoms with E-state index in [1.165, 1.54) is 0 Å². The fourth-order valence-electron chi connectivity index (χ4n) is 4.58. The van der Waals surface area contributed by atoms with Gasteiger partial charge < -0.3 is 10.1 Å². The minimum atomic E-state index is -0.285. The normalized spacial score (nSPS) is 18.4. The van der Waals surface area contributed by atoms with Gasteiger partial charge in [0, 0.05) is 18.4 Å². The molecule has 1 saturated heterocycles. The van der Waals surface area contributed by atoms with E-state index in [1.54, 1.807) is 12.1 Å². The van der Waals surface area contributed by atoms with Gasteiger partial charge in [-0.15, -0.1) is 0 Å². The van der Waals surface area contributed by atoms with Crippen LogP contribution in [0.3, 0.4) is 0 Å². The third-order valence-corrected chi connectivity index (χ3v) is 6.82. The first kappa shape index (κ1) is 25.2. The number of ether oxygens (including phenoxy) is 1. The van der Waals surface area contributed by atoms with E-state index in [0.29, 0.717) is 22.3 Å². The summed E-state index contributed by atoms with van der Waals surface area (Å²) < 4.78 is 5.65. The van der Waals surface area contributed by atoms with E-state index < -0.39 is 0 Å². The average molecular weight is 542 g/mol. The largest absolute Gasteiger partial charge is 0.376 e. The molecule has 5 rings (SSSR count). The average Bonchev–Trinajstić information content (AvgIpc) is 3.33. The fourth-order valence-corrected chi connectivity index (χ4v) is 4.86. The molecular weight excluding hydrogens is 514 g/mol. The fraction of sp³-hybridized carbons (Fsp3) is 0.385. The molecule has 1 unspecified atom stereocenters. The molecule has 8 nitrogen and oxygen atoms in total. The van der Waals surface area contributed by atoms with E-state index in [0.717, 1.165) is 68.3 Å². The number of hydrogen-bond acceptors (Lipinski definition) is 6. The van der Waals surface area contributed by atoms with Crippen molar-refractivity contribution in [3.63, 3.8) is 0 Å². The van der Waals surface area contributed by atoms with Gasteiger partial charge in [-0.3, -0.25) is 29.8 Å². The van der Waals surface area contributed by atoms with Crippen molar-refractivity contribution in [3.05, 3.63) is 69.8 Å². The lowest BCUT2D eigenvalue weighted by Crippen LogP contribution is -2.38. The summed E-state index contributed by atoms with van der Waals surface area (Å²) in [6, 6.07) is 10.9. The van der Waals surface area contributed by atoms with Crippen LogP contribution in [-0.4, -0.2) is 54.8 Å².